The number of anilines is 1. The molecule has 6 nitrogen and oxygen atoms in total. The lowest BCUT2D eigenvalue weighted by atomic mass is 9.98. The number of nitrogen functional groups attached to an aromatic ring is 1. The molecule has 7 heteroatoms. The van der Waals surface area contributed by atoms with Gasteiger partial charge >= 0.3 is 6.09 Å². The van der Waals surface area contributed by atoms with Crippen molar-refractivity contribution in [3.63, 3.8) is 0 Å². The summed E-state index contributed by atoms with van der Waals surface area (Å²) in [7, 11) is 0. The van der Waals surface area contributed by atoms with Crippen molar-refractivity contribution in [1.29, 1.82) is 0 Å². The average molecular weight is 316 g/mol. The van der Waals surface area contributed by atoms with E-state index in [0.29, 0.717) is 23.3 Å². The van der Waals surface area contributed by atoms with Crippen LogP contribution in [0.15, 0.2) is 16.7 Å². The van der Waals surface area contributed by atoms with Gasteiger partial charge in [-0.3, -0.25) is 0 Å². The lowest BCUT2D eigenvalue weighted by Crippen LogP contribution is -2.36. The molecule has 98 valence electrons. The fourth-order valence-corrected chi connectivity index (χ4v) is 2.62. The van der Waals surface area contributed by atoms with E-state index in [9.17, 15) is 9.90 Å². The summed E-state index contributed by atoms with van der Waals surface area (Å²) in [6.45, 7) is 0.213. The number of hydrogen-bond acceptors (Lipinski definition) is 4. The van der Waals surface area contributed by atoms with Crippen LogP contribution in [0.2, 0.25) is 0 Å². The number of halogens is 1. The Morgan fingerprint density at radius 1 is 1.67 bits per heavy atom. The maximum atomic E-state index is 11.0. The summed E-state index contributed by atoms with van der Waals surface area (Å²) < 4.78 is 0.703. The third-order valence-corrected chi connectivity index (χ3v) is 3.87. The number of aromatic nitrogens is 1. The van der Waals surface area contributed by atoms with E-state index in [1.165, 1.54) is 4.90 Å². The minimum absolute atomic E-state index is 0.0441. The molecule has 2 rings (SSSR count). The highest BCUT2D eigenvalue weighted by Gasteiger charge is 2.35. The number of nitrogens with zero attached hydrogens (tertiary/aromatic N) is 2. The van der Waals surface area contributed by atoms with Crippen molar-refractivity contribution in [2.45, 2.75) is 18.4 Å². The van der Waals surface area contributed by atoms with E-state index in [1.54, 1.807) is 6.20 Å². The average Bonchev–Trinajstić information content (AvgIpc) is 2.77. The van der Waals surface area contributed by atoms with Crippen LogP contribution >= 0.6 is 15.9 Å². The number of carbonyl (C=O) groups is 1. The third kappa shape index (κ3) is 2.41. The molecule has 0 aliphatic carbocycles. The Balaban J connectivity index is 2.20. The van der Waals surface area contributed by atoms with Crippen molar-refractivity contribution in [2.24, 2.45) is 0 Å². The number of pyridine rings is 1. The van der Waals surface area contributed by atoms with Crippen LogP contribution in [0, 0.1) is 0 Å². The molecule has 4 N–H and O–H groups in total. The summed E-state index contributed by atoms with van der Waals surface area (Å²) in [5.74, 6) is 0.452. The van der Waals surface area contributed by atoms with Crippen LogP contribution < -0.4 is 5.73 Å². The topological polar surface area (TPSA) is 99.7 Å². The molecule has 0 unspecified atom stereocenters. The maximum absolute atomic E-state index is 11.0. The largest absolute Gasteiger partial charge is 0.465 e. The van der Waals surface area contributed by atoms with E-state index < -0.39 is 6.09 Å². The first-order valence-electron chi connectivity index (χ1n) is 5.54. The second-order valence-corrected chi connectivity index (χ2v) is 5.19. The molecule has 0 spiro atoms. The highest BCUT2D eigenvalue weighted by Crippen LogP contribution is 2.33. The van der Waals surface area contributed by atoms with Crippen molar-refractivity contribution < 1.29 is 15.0 Å². The lowest BCUT2D eigenvalue weighted by molar-refractivity contribution is 0.118. The predicted octanol–water partition coefficient (Wildman–Crippen LogP) is 1.25. The summed E-state index contributed by atoms with van der Waals surface area (Å²) >= 11 is 3.30. The quantitative estimate of drug-likeness (QED) is 0.762. The van der Waals surface area contributed by atoms with Gasteiger partial charge in [-0.1, -0.05) is 0 Å². The molecule has 1 amide bonds. The van der Waals surface area contributed by atoms with Gasteiger partial charge in [0.2, 0.25) is 0 Å². The molecule has 0 aromatic carbocycles. The molecule has 2 atom stereocenters. The van der Waals surface area contributed by atoms with Crippen LogP contribution in [-0.2, 0) is 0 Å². The van der Waals surface area contributed by atoms with Gasteiger partial charge in [-0.05, 0) is 34.0 Å². The van der Waals surface area contributed by atoms with Crippen LogP contribution in [-0.4, -0.2) is 45.4 Å². The van der Waals surface area contributed by atoms with Gasteiger partial charge in [0.1, 0.15) is 5.82 Å². The van der Waals surface area contributed by atoms with Crippen LogP contribution in [0.5, 0.6) is 0 Å². The van der Waals surface area contributed by atoms with Crippen molar-refractivity contribution in [2.75, 3.05) is 18.9 Å². The van der Waals surface area contributed by atoms with Gasteiger partial charge in [0.05, 0.1) is 17.1 Å². The van der Waals surface area contributed by atoms with E-state index in [0.717, 1.165) is 5.56 Å². The second-order valence-electron chi connectivity index (χ2n) is 4.34. The van der Waals surface area contributed by atoms with Gasteiger partial charge in [0, 0.05) is 18.7 Å². The first-order chi connectivity index (χ1) is 8.52. The van der Waals surface area contributed by atoms with E-state index in [-0.39, 0.29) is 18.6 Å². The van der Waals surface area contributed by atoms with E-state index in [1.807, 2.05) is 6.07 Å². The van der Waals surface area contributed by atoms with Crippen molar-refractivity contribution in [3.05, 3.63) is 22.3 Å². The molecule has 18 heavy (non-hydrogen) atoms. The number of amides is 1. The molecule has 0 saturated carbocycles. The Kier molecular flexibility index (Phi) is 3.72. The van der Waals surface area contributed by atoms with Gasteiger partial charge in [-0.25, -0.2) is 9.78 Å². The summed E-state index contributed by atoms with van der Waals surface area (Å²) in [4.78, 5) is 16.4. The minimum atomic E-state index is -1.00. The minimum Gasteiger partial charge on any atom is -0.465 e. The second kappa shape index (κ2) is 5.11. The third-order valence-electron chi connectivity index (χ3n) is 3.23. The number of likely N-dealkylation sites (tertiary alicyclic amines) is 1. The van der Waals surface area contributed by atoms with Crippen molar-refractivity contribution in [1.82, 2.24) is 9.88 Å². The number of aliphatic hydroxyl groups is 1. The SMILES string of the molecule is Nc1ncc([C@H]2C[C@@H](CO)N(C(=O)O)C2)cc1Br. The normalized spacial score (nSPS) is 23.3. The molecular weight excluding hydrogens is 302 g/mol. The molecule has 0 bridgehead atoms. The van der Waals surface area contributed by atoms with Gasteiger partial charge < -0.3 is 20.8 Å². The van der Waals surface area contributed by atoms with Crippen LogP contribution in [0.1, 0.15) is 17.9 Å². The van der Waals surface area contributed by atoms with Gasteiger partial charge in [0.15, 0.2) is 0 Å². The zero-order valence-corrected chi connectivity index (χ0v) is 11.2. The van der Waals surface area contributed by atoms with E-state index in [4.69, 9.17) is 10.8 Å². The predicted molar refractivity (Wildman–Crippen MR) is 69.3 cm³/mol. The summed E-state index contributed by atoms with van der Waals surface area (Å²) in [6.07, 6.45) is 1.25. The summed E-state index contributed by atoms with van der Waals surface area (Å²) in [6, 6.07) is 1.51. The number of carboxylic acid groups (broad SMARTS) is 1. The van der Waals surface area contributed by atoms with Gasteiger partial charge in [0.25, 0.3) is 0 Å². The van der Waals surface area contributed by atoms with Crippen molar-refractivity contribution >= 4 is 27.8 Å². The van der Waals surface area contributed by atoms with Crippen LogP contribution in [0.4, 0.5) is 10.6 Å². The number of nitrogens with two attached hydrogens (primary N) is 1. The van der Waals surface area contributed by atoms with Gasteiger partial charge in [-0.2, -0.15) is 0 Å². The highest BCUT2D eigenvalue weighted by atomic mass is 79.9. The van der Waals surface area contributed by atoms with Crippen LogP contribution in [0.25, 0.3) is 0 Å². The molecule has 1 aliphatic heterocycles. The lowest BCUT2D eigenvalue weighted by Gasteiger charge is -2.18. The Morgan fingerprint density at radius 2 is 2.39 bits per heavy atom. The Hall–Kier alpha value is -1.34. The Labute approximate surface area is 113 Å². The fourth-order valence-electron chi connectivity index (χ4n) is 2.25. The molecule has 1 aromatic rings. The highest BCUT2D eigenvalue weighted by molar-refractivity contribution is 9.10. The molecule has 1 fully saturated rings. The number of rotatable bonds is 2. The smallest absolute Gasteiger partial charge is 0.407 e. The molecular formula is C11H14BrN3O3. The number of hydrogen-bond donors (Lipinski definition) is 3. The maximum Gasteiger partial charge on any atom is 0.407 e. The van der Waals surface area contributed by atoms with Gasteiger partial charge in [-0.15, -0.1) is 0 Å². The zero-order valence-electron chi connectivity index (χ0n) is 9.58. The fraction of sp³-hybridized carbons (Fsp3) is 0.455. The Morgan fingerprint density at radius 3 is 2.89 bits per heavy atom. The van der Waals surface area contributed by atoms with E-state index in [2.05, 4.69) is 20.9 Å². The molecule has 2 heterocycles. The van der Waals surface area contributed by atoms with Crippen molar-refractivity contribution in [3.8, 4) is 0 Å². The van der Waals surface area contributed by atoms with E-state index >= 15 is 0 Å². The molecule has 1 saturated heterocycles. The first-order valence-corrected chi connectivity index (χ1v) is 6.33. The molecule has 0 radical (unpaired) electrons. The monoisotopic (exact) mass is 315 g/mol. The van der Waals surface area contributed by atoms with Crippen LogP contribution in [0.3, 0.4) is 0 Å². The summed E-state index contributed by atoms with van der Waals surface area (Å²) in [5, 5.41) is 18.2. The standard InChI is InChI=1S/C11H14BrN3O3/c12-9-2-6(3-14-10(9)13)7-1-8(5-16)15(4-7)11(17)18/h2-3,7-8,16H,1,4-5H2,(H2,13,14)(H,17,18)/t7-,8-/m0/s1. The molecule has 1 aromatic heterocycles. The zero-order chi connectivity index (χ0) is 13.3. The Bertz CT molecular complexity index is 469. The first kappa shape index (κ1) is 13.1. The number of aliphatic hydroxyl groups excluding tert-OH is 1. The molecule has 1 aliphatic rings. The summed E-state index contributed by atoms with van der Waals surface area (Å²) in [5.41, 5.74) is 6.54.